The summed E-state index contributed by atoms with van der Waals surface area (Å²) in [6.07, 6.45) is 2.88. The number of amides is 1. The van der Waals surface area contributed by atoms with E-state index in [1.54, 1.807) is 0 Å². The van der Waals surface area contributed by atoms with Crippen molar-refractivity contribution < 1.29 is 9.18 Å². The van der Waals surface area contributed by atoms with E-state index in [1.807, 2.05) is 0 Å². The highest BCUT2D eigenvalue weighted by molar-refractivity contribution is 6.30. The largest absolute Gasteiger partial charge is 0.350 e. The topological polar surface area (TPSA) is 55.1 Å². The highest BCUT2D eigenvalue weighted by Gasteiger charge is 2.32. The Morgan fingerprint density at radius 3 is 2.67 bits per heavy atom. The summed E-state index contributed by atoms with van der Waals surface area (Å²) < 4.78 is 13.4. The second kappa shape index (κ2) is 5.87. The number of nitrogens with two attached hydrogens (primary N) is 1. The predicted octanol–water partition coefficient (Wildman–Crippen LogP) is 2.51. The average Bonchev–Trinajstić information content (AvgIpc) is 2.23. The second-order valence-corrected chi connectivity index (χ2v) is 4.96. The molecular formula is C12H15Cl2FN2O. The molecule has 1 amide bonds. The predicted molar refractivity (Wildman–Crippen MR) is 71.8 cm³/mol. The van der Waals surface area contributed by atoms with Crippen LogP contribution in [-0.4, -0.2) is 18.0 Å². The van der Waals surface area contributed by atoms with Gasteiger partial charge in [-0.05, 0) is 37.5 Å². The zero-order chi connectivity index (χ0) is 12.5. The van der Waals surface area contributed by atoms with Crippen LogP contribution in [0.5, 0.6) is 0 Å². The Labute approximate surface area is 116 Å². The van der Waals surface area contributed by atoms with Crippen molar-refractivity contribution in [3.63, 3.8) is 0 Å². The minimum absolute atomic E-state index is 0. The van der Waals surface area contributed by atoms with Crippen molar-refractivity contribution in [3.8, 4) is 0 Å². The fraction of sp³-hybridized carbons (Fsp3) is 0.417. The summed E-state index contributed by atoms with van der Waals surface area (Å²) in [6.45, 7) is 0.383. The maximum absolute atomic E-state index is 13.4. The highest BCUT2D eigenvalue weighted by atomic mass is 35.5. The fourth-order valence-electron chi connectivity index (χ4n) is 1.83. The summed E-state index contributed by atoms with van der Waals surface area (Å²) in [6, 6.07) is 3.98. The van der Waals surface area contributed by atoms with Gasteiger partial charge in [0.1, 0.15) is 5.82 Å². The van der Waals surface area contributed by atoms with Crippen LogP contribution >= 0.6 is 24.0 Å². The van der Waals surface area contributed by atoms with E-state index in [0.717, 1.165) is 25.3 Å². The lowest BCUT2D eigenvalue weighted by molar-refractivity contribution is 0.0926. The van der Waals surface area contributed by atoms with Gasteiger partial charge in [0.15, 0.2) is 0 Å². The Morgan fingerprint density at radius 1 is 1.50 bits per heavy atom. The molecule has 6 heteroatoms. The van der Waals surface area contributed by atoms with Gasteiger partial charge in [-0.15, -0.1) is 12.4 Å². The van der Waals surface area contributed by atoms with Gasteiger partial charge in [0.2, 0.25) is 0 Å². The number of nitrogens with one attached hydrogen (secondary N) is 1. The number of benzene rings is 1. The maximum Gasteiger partial charge on any atom is 0.254 e. The molecule has 0 atom stereocenters. The molecule has 3 N–H and O–H groups in total. The third-order valence-corrected chi connectivity index (χ3v) is 3.36. The van der Waals surface area contributed by atoms with E-state index in [9.17, 15) is 9.18 Å². The van der Waals surface area contributed by atoms with E-state index in [-0.39, 0.29) is 28.5 Å². The second-order valence-electron chi connectivity index (χ2n) is 4.52. The number of halogens is 3. The van der Waals surface area contributed by atoms with Crippen LogP contribution in [0.1, 0.15) is 29.6 Å². The fourth-order valence-corrected chi connectivity index (χ4v) is 1.99. The molecule has 1 aromatic rings. The number of hydrogen-bond donors (Lipinski definition) is 2. The van der Waals surface area contributed by atoms with Crippen molar-refractivity contribution in [2.45, 2.75) is 24.8 Å². The molecule has 1 fully saturated rings. The molecule has 2 rings (SSSR count). The Balaban J connectivity index is 0.00000162. The summed E-state index contributed by atoms with van der Waals surface area (Å²) >= 11 is 5.61. The third-order valence-electron chi connectivity index (χ3n) is 3.13. The van der Waals surface area contributed by atoms with Gasteiger partial charge in [0.25, 0.3) is 5.91 Å². The molecule has 0 unspecified atom stereocenters. The quantitative estimate of drug-likeness (QED) is 0.899. The Kier molecular flexibility index (Phi) is 4.96. The molecular weight excluding hydrogens is 278 g/mol. The molecule has 0 saturated heterocycles. The number of carbonyl (C=O) groups is 1. The van der Waals surface area contributed by atoms with Crippen LogP contribution in [-0.2, 0) is 0 Å². The molecule has 0 radical (unpaired) electrons. The number of carbonyl (C=O) groups excluding carboxylic acids is 1. The van der Waals surface area contributed by atoms with Crippen molar-refractivity contribution in [1.29, 1.82) is 0 Å². The van der Waals surface area contributed by atoms with E-state index in [4.69, 9.17) is 17.3 Å². The first-order valence-electron chi connectivity index (χ1n) is 5.52. The smallest absolute Gasteiger partial charge is 0.254 e. The third kappa shape index (κ3) is 3.34. The van der Waals surface area contributed by atoms with Crippen molar-refractivity contribution in [2.75, 3.05) is 6.54 Å². The van der Waals surface area contributed by atoms with Gasteiger partial charge in [-0.2, -0.15) is 0 Å². The lowest BCUT2D eigenvalue weighted by Crippen LogP contribution is -2.55. The first kappa shape index (κ1) is 15.2. The molecule has 1 aliphatic rings. The minimum Gasteiger partial charge on any atom is -0.350 e. The van der Waals surface area contributed by atoms with Gasteiger partial charge in [-0.1, -0.05) is 11.6 Å². The Hall–Kier alpha value is -0.840. The van der Waals surface area contributed by atoms with Crippen LogP contribution in [0.2, 0.25) is 5.02 Å². The molecule has 18 heavy (non-hydrogen) atoms. The van der Waals surface area contributed by atoms with Gasteiger partial charge >= 0.3 is 0 Å². The average molecular weight is 293 g/mol. The molecule has 0 aliphatic heterocycles. The van der Waals surface area contributed by atoms with Crippen LogP contribution in [0, 0.1) is 5.82 Å². The molecule has 0 heterocycles. The van der Waals surface area contributed by atoms with Crippen molar-refractivity contribution in [3.05, 3.63) is 34.6 Å². The van der Waals surface area contributed by atoms with E-state index in [0.29, 0.717) is 6.54 Å². The number of hydrogen-bond acceptors (Lipinski definition) is 2. The van der Waals surface area contributed by atoms with Crippen LogP contribution in [0.3, 0.4) is 0 Å². The Bertz CT molecular complexity index is 450. The standard InChI is InChI=1S/C12H14ClFN2O.ClH/c13-8-2-3-9(10(14)6-8)11(17)16-7-12(15)4-1-5-12;/h2-3,6H,1,4-5,7,15H2,(H,16,17);1H. The number of rotatable bonds is 3. The lowest BCUT2D eigenvalue weighted by atomic mass is 9.78. The van der Waals surface area contributed by atoms with Crippen LogP contribution in [0.15, 0.2) is 18.2 Å². The lowest BCUT2D eigenvalue weighted by Gasteiger charge is -2.38. The van der Waals surface area contributed by atoms with E-state index >= 15 is 0 Å². The molecule has 1 saturated carbocycles. The summed E-state index contributed by atoms with van der Waals surface area (Å²) in [7, 11) is 0. The molecule has 3 nitrogen and oxygen atoms in total. The van der Waals surface area contributed by atoms with Crippen LogP contribution in [0.4, 0.5) is 4.39 Å². The highest BCUT2D eigenvalue weighted by Crippen LogP contribution is 2.28. The van der Waals surface area contributed by atoms with Gasteiger partial charge in [0, 0.05) is 17.1 Å². The molecule has 0 bridgehead atoms. The molecule has 1 aromatic carbocycles. The first-order chi connectivity index (χ1) is 8.00. The monoisotopic (exact) mass is 292 g/mol. The normalized spacial score (nSPS) is 16.4. The van der Waals surface area contributed by atoms with E-state index in [1.165, 1.54) is 12.1 Å². The van der Waals surface area contributed by atoms with Crippen molar-refractivity contribution in [2.24, 2.45) is 5.73 Å². The summed E-state index contributed by atoms with van der Waals surface area (Å²) in [4.78, 5) is 11.7. The van der Waals surface area contributed by atoms with Crippen molar-refractivity contribution in [1.82, 2.24) is 5.32 Å². The zero-order valence-corrected chi connectivity index (χ0v) is 11.3. The van der Waals surface area contributed by atoms with Crippen LogP contribution in [0.25, 0.3) is 0 Å². The molecule has 0 aromatic heterocycles. The summed E-state index contributed by atoms with van der Waals surface area (Å²) in [5, 5.41) is 2.93. The van der Waals surface area contributed by atoms with Crippen LogP contribution < -0.4 is 11.1 Å². The van der Waals surface area contributed by atoms with E-state index < -0.39 is 11.7 Å². The van der Waals surface area contributed by atoms with Gasteiger partial charge < -0.3 is 11.1 Å². The molecule has 1 aliphatic carbocycles. The zero-order valence-electron chi connectivity index (χ0n) is 9.71. The van der Waals surface area contributed by atoms with Gasteiger partial charge in [-0.25, -0.2) is 4.39 Å². The molecule has 100 valence electrons. The van der Waals surface area contributed by atoms with E-state index in [2.05, 4.69) is 5.32 Å². The summed E-state index contributed by atoms with van der Waals surface area (Å²) in [5.74, 6) is -1.06. The Morgan fingerprint density at radius 2 is 2.17 bits per heavy atom. The van der Waals surface area contributed by atoms with Crippen molar-refractivity contribution >= 4 is 29.9 Å². The van der Waals surface area contributed by atoms with Gasteiger partial charge in [0.05, 0.1) is 5.56 Å². The summed E-state index contributed by atoms with van der Waals surface area (Å²) in [5.41, 5.74) is 5.65. The maximum atomic E-state index is 13.4. The SMILES string of the molecule is Cl.NC1(CNC(=O)c2ccc(Cl)cc2F)CCC1. The first-order valence-corrected chi connectivity index (χ1v) is 5.90. The minimum atomic E-state index is -0.616. The molecule has 0 spiro atoms. The van der Waals surface area contributed by atoms with Gasteiger partial charge in [-0.3, -0.25) is 4.79 Å².